The van der Waals surface area contributed by atoms with Gasteiger partial charge in [0.15, 0.2) is 0 Å². The van der Waals surface area contributed by atoms with Crippen LogP contribution in [0.15, 0.2) is 53.4 Å². The predicted octanol–water partition coefficient (Wildman–Crippen LogP) is 1.72. The van der Waals surface area contributed by atoms with Crippen LogP contribution in [0.4, 0.5) is 10.1 Å². The van der Waals surface area contributed by atoms with Crippen LogP contribution in [0.2, 0.25) is 0 Å². The fraction of sp³-hybridized carbons (Fsp3) is 0.350. The zero-order chi connectivity index (χ0) is 19.7. The zero-order valence-electron chi connectivity index (χ0n) is 15.4. The Morgan fingerprint density at radius 3 is 2.32 bits per heavy atom. The molecule has 0 bridgehead atoms. The summed E-state index contributed by atoms with van der Waals surface area (Å²) in [6.45, 7) is 2.32. The number of carbonyl (C=O) groups excluding carboxylic acids is 1. The van der Waals surface area contributed by atoms with Gasteiger partial charge in [-0.1, -0.05) is 18.2 Å². The molecule has 148 valence electrons. The van der Waals surface area contributed by atoms with Crippen molar-refractivity contribution in [1.82, 2.24) is 9.21 Å². The van der Waals surface area contributed by atoms with Crippen LogP contribution in [0.1, 0.15) is 5.56 Å². The summed E-state index contributed by atoms with van der Waals surface area (Å²) in [6, 6.07) is 12.9. The number of hydrogen-bond donors (Lipinski definition) is 0. The van der Waals surface area contributed by atoms with Crippen molar-refractivity contribution in [3.05, 3.63) is 59.9 Å². The first-order valence-corrected chi connectivity index (χ1v) is 10.8. The molecule has 0 saturated carbocycles. The Labute approximate surface area is 164 Å². The second kappa shape index (κ2) is 7.52. The van der Waals surface area contributed by atoms with Gasteiger partial charge in [-0.05, 0) is 42.3 Å². The number of hydrogen-bond acceptors (Lipinski definition) is 4. The van der Waals surface area contributed by atoms with E-state index in [1.54, 1.807) is 4.90 Å². The van der Waals surface area contributed by atoms with E-state index >= 15 is 0 Å². The smallest absolute Gasteiger partial charge is 0.243 e. The quantitative estimate of drug-likeness (QED) is 0.780. The molecule has 0 aliphatic carbocycles. The van der Waals surface area contributed by atoms with E-state index in [2.05, 4.69) is 11.0 Å². The molecule has 8 heteroatoms. The van der Waals surface area contributed by atoms with Crippen LogP contribution in [0.3, 0.4) is 0 Å². The van der Waals surface area contributed by atoms with Crippen molar-refractivity contribution in [2.75, 3.05) is 44.2 Å². The highest BCUT2D eigenvalue weighted by Gasteiger charge is 2.31. The first kappa shape index (κ1) is 18.9. The Bertz CT molecular complexity index is 970. The molecular weight excluding hydrogens is 381 g/mol. The van der Waals surface area contributed by atoms with Gasteiger partial charge in [-0.2, -0.15) is 4.31 Å². The first-order valence-electron chi connectivity index (χ1n) is 9.31. The van der Waals surface area contributed by atoms with Crippen LogP contribution >= 0.6 is 0 Å². The number of rotatable bonds is 4. The number of fused-ring (bicyclic) bond motifs is 1. The molecule has 0 radical (unpaired) electrons. The van der Waals surface area contributed by atoms with E-state index in [1.807, 2.05) is 18.2 Å². The second-order valence-electron chi connectivity index (χ2n) is 7.04. The summed E-state index contributed by atoms with van der Waals surface area (Å²) < 4.78 is 39.8. The standard InChI is InChI=1S/C20H22FN3O3S/c21-17-5-7-18(8-6-17)28(26,27)24-13-11-22(12-14-24)20(25)15-23-10-9-16-3-1-2-4-19(16)23/h1-8H,9-15H2. The van der Waals surface area contributed by atoms with Gasteiger partial charge in [0.25, 0.3) is 0 Å². The number of carbonyl (C=O) groups is 1. The molecule has 2 aliphatic rings. The molecule has 2 aliphatic heterocycles. The van der Waals surface area contributed by atoms with Gasteiger partial charge in [0.1, 0.15) is 5.82 Å². The van der Waals surface area contributed by atoms with Gasteiger partial charge in [0.2, 0.25) is 15.9 Å². The molecule has 6 nitrogen and oxygen atoms in total. The van der Waals surface area contributed by atoms with Crippen molar-refractivity contribution in [3.8, 4) is 0 Å². The van der Waals surface area contributed by atoms with Crippen molar-refractivity contribution >= 4 is 21.6 Å². The van der Waals surface area contributed by atoms with Crippen molar-refractivity contribution < 1.29 is 17.6 Å². The molecule has 0 N–H and O–H groups in total. The van der Waals surface area contributed by atoms with E-state index < -0.39 is 15.8 Å². The maximum Gasteiger partial charge on any atom is 0.243 e. The van der Waals surface area contributed by atoms with E-state index in [0.29, 0.717) is 19.6 Å². The van der Waals surface area contributed by atoms with Gasteiger partial charge < -0.3 is 9.80 Å². The van der Waals surface area contributed by atoms with Crippen molar-refractivity contribution in [1.29, 1.82) is 0 Å². The third kappa shape index (κ3) is 3.62. The molecule has 0 aromatic heterocycles. The topological polar surface area (TPSA) is 60.9 Å². The van der Waals surface area contributed by atoms with Gasteiger partial charge in [-0.3, -0.25) is 4.79 Å². The van der Waals surface area contributed by atoms with Crippen molar-refractivity contribution in [2.24, 2.45) is 0 Å². The molecule has 1 saturated heterocycles. The van der Waals surface area contributed by atoms with Gasteiger partial charge in [-0.15, -0.1) is 0 Å². The fourth-order valence-electron chi connectivity index (χ4n) is 3.77. The van der Waals surface area contributed by atoms with Gasteiger partial charge >= 0.3 is 0 Å². The monoisotopic (exact) mass is 403 g/mol. The Hall–Kier alpha value is -2.45. The lowest BCUT2D eigenvalue weighted by Gasteiger charge is -2.35. The largest absolute Gasteiger partial charge is 0.362 e. The summed E-state index contributed by atoms with van der Waals surface area (Å²) in [6.07, 6.45) is 0.938. The molecule has 2 heterocycles. The van der Waals surface area contributed by atoms with Crippen LogP contribution in [-0.4, -0.2) is 62.8 Å². The molecule has 0 atom stereocenters. The molecule has 2 aromatic carbocycles. The minimum atomic E-state index is -3.67. The molecule has 0 spiro atoms. The van der Waals surface area contributed by atoms with Gasteiger partial charge in [0, 0.05) is 38.4 Å². The molecule has 4 rings (SSSR count). The number of nitrogens with zero attached hydrogens (tertiary/aromatic N) is 3. The van der Waals surface area contributed by atoms with E-state index in [9.17, 15) is 17.6 Å². The molecule has 28 heavy (non-hydrogen) atoms. The minimum absolute atomic E-state index is 0.00975. The zero-order valence-corrected chi connectivity index (χ0v) is 16.2. The van der Waals surface area contributed by atoms with Crippen molar-refractivity contribution in [2.45, 2.75) is 11.3 Å². The van der Waals surface area contributed by atoms with Crippen LogP contribution in [0.25, 0.3) is 0 Å². The average molecular weight is 403 g/mol. The Morgan fingerprint density at radius 1 is 0.929 bits per heavy atom. The first-order chi connectivity index (χ1) is 13.4. The third-order valence-corrected chi connectivity index (χ3v) is 7.27. The highest BCUT2D eigenvalue weighted by molar-refractivity contribution is 7.89. The molecule has 0 unspecified atom stereocenters. The number of benzene rings is 2. The summed E-state index contributed by atoms with van der Waals surface area (Å²) in [5.41, 5.74) is 2.36. The second-order valence-corrected chi connectivity index (χ2v) is 8.98. The van der Waals surface area contributed by atoms with Crippen LogP contribution in [0.5, 0.6) is 0 Å². The lowest BCUT2D eigenvalue weighted by Crippen LogP contribution is -2.52. The molecule has 2 aromatic rings. The Morgan fingerprint density at radius 2 is 1.61 bits per heavy atom. The van der Waals surface area contributed by atoms with Gasteiger partial charge in [0.05, 0.1) is 11.4 Å². The number of sulfonamides is 1. The summed E-state index contributed by atoms with van der Waals surface area (Å²) in [7, 11) is -3.67. The van der Waals surface area contributed by atoms with Crippen LogP contribution < -0.4 is 4.90 Å². The van der Waals surface area contributed by atoms with Crippen LogP contribution in [0, 0.1) is 5.82 Å². The summed E-state index contributed by atoms with van der Waals surface area (Å²) in [4.78, 5) is 16.6. The lowest BCUT2D eigenvalue weighted by atomic mass is 10.2. The maximum absolute atomic E-state index is 13.1. The highest BCUT2D eigenvalue weighted by Crippen LogP contribution is 2.27. The number of para-hydroxylation sites is 1. The average Bonchev–Trinajstić information content (AvgIpc) is 3.11. The molecular formula is C20H22FN3O3S. The van der Waals surface area contributed by atoms with Crippen molar-refractivity contribution in [3.63, 3.8) is 0 Å². The minimum Gasteiger partial charge on any atom is -0.362 e. The van der Waals surface area contributed by atoms with E-state index in [-0.39, 0.29) is 23.9 Å². The van der Waals surface area contributed by atoms with E-state index in [4.69, 9.17) is 0 Å². The summed E-state index contributed by atoms with van der Waals surface area (Å²) >= 11 is 0. The fourth-order valence-corrected chi connectivity index (χ4v) is 5.19. The SMILES string of the molecule is O=C(CN1CCc2ccccc21)N1CCN(S(=O)(=O)c2ccc(F)cc2)CC1. The summed E-state index contributed by atoms with van der Waals surface area (Å²) in [5.74, 6) is -0.464. The predicted molar refractivity (Wildman–Crippen MR) is 104 cm³/mol. The Kier molecular flexibility index (Phi) is 5.07. The maximum atomic E-state index is 13.1. The Balaban J connectivity index is 1.36. The highest BCUT2D eigenvalue weighted by atomic mass is 32.2. The molecule has 1 fully saturated rings. The number of piperazine rings is 1. The lowest BCUT2D eigenvalue weighted by molar-refractivity contribution is -0.130. The number of anilines is 1. The summed E-state index contributed by atoms with van der Waals surface area (Å²) in [5, 5.41) is 0. The third-order valence-electron chi connectivity index (χ3n) is 5.35. The number of halogens is 1. The molecule has 1 amide bonds. The van der Waals surface area contributed by atoms with Crippen LogP contribution in [-0.2, 0) is 21.2 Å². The normalized spacial score (nSPS) is 17.6. The van der Waals surface area contributed by atoms with E-state index in [0.717, 1.165) is 30.8 Å². The van der Waals surface area contributed by atoms with Gasteiger partial charge in [-0.25, -0.2) is 12.8 Å². The van der Waals surface area contributed by atoms with E-state index in [1.165, 1.54) is 22.0 Å². The number of amides is 1.